The predicted molar refractivity (Wildman–Crippen MR) is 86.7 cm³/mol. The molecule has 0 atom stereocenters. The Morgan fingerprint density at radius 1 is 0.905 bits per heavy atom. The first-order chi connectivity index (χ1) is 10.3. The van der Waals surface area contributed by atoms with Crippen molar-refractivity contribution in [3.05, 3.63) is 66.2 Å². The molecular weight excluding hydrogens is 260 g/mol. The van der Waals surface area contributed by atoms with Crippen LogP contribution in [-0.2, 0) is 0 Å². The second kappa shape index (κ2) is 5.98. The quantitative estimate of drug-likeness (QED) is 0.775. The lowest BCUT2D eigenvalue weighted by Gasteiger charge is -2.14. The van der Waals surface area contributed by atoms with E-state index in [-0.39, 0.29) is 6.61 Å². The molecule has 21 heavy (non-hydrogen) atoms. The second-order valence-corrected chi connectivity index (χ2v) is 5.10. The summed E-state index contributed by atoms with van der Waals surface area (Å²) in [7, 11) is 0. The Morgan fingerprint density at radius 3 is 2.43 bits per heavy atom. The van der Waals surface area contributed by atoms with E-state index in [1.54, 1.807) is 0 Å². The van der Waals surface area contributed by atoms with Crippen LogP contribution in [0.1, 0.15) is 5.56 Å². The molecule has 0 saturated heterocycles. The zero-order chi connectivity index (χ0) is 14.7. The van der Waals surface area contributed by atoms with E-state index in [0.29, 0.717) is 6.61 Å². The first-order valence-electron chi connectivity index (χ1n) is 7.12. The third-order valence-electron chi connectivity index (χ3n) is 3.58. The monoisotopic (exact) mass is 278 g/mol. The van der Waals surface area contributed by atoms with E-state index in [2.05, 4.69) is 55.5 Å². The van der Waals surface area contributed by atoms with Crippen molar-refractivity contribution in [1.29, 1.82) is 0 Å². The molecule has 1 N–H and O–H groups in total. The summed E-state index contributed by atoms with van der Waals surface area (Å²) in [6.07, 6.45) is 0. The fraction of sp³-hybridized carbons (Fsp3) is 0.158. The van der Waals surface area contributed by atoms with E-state index < -0.39 is 0 Å². The topological polar surface area (TPSA) is 29.5 Å². The molecule has 3 rings (SSSR count). The van der Waals surface area contributed by atoms with Gasteiger partial charge in [0.2, 0.25) is 0 Å². The molecule has 0 radical (unpaired) electrons. The molecule has 0 saturated carbocycles. The Kier molecular flexibility index (Phi) is 3.89. The van der Waals surface area contributed by atoms with Gasteiger partial charge in [-0.1, -0.05) is 66.2 Å². The summed E-state index contributed by atoms with van der Waals surface area (Å²) in [6.45, 7) is 2.39. The van der Waals surface area contributed by atoms with Gasteiger partial charge in [-0.25, -0.2) is 0 Å². The highest BCUT2D eigenvalue weighted by atomic mass is 16.5. The van der Waals surface area contributed by atoms with Crippen LogP contribution in [0.5, 0.6) is 5.75 Å². The molecule has 3 aromatic rings. The molecule has 0 amide bonds. The zero-order valence-corrected chi connectivity index (χ0v) is 12.0. The van der Waals surface area contributed by atoms with Crippen LogP contribution in [0.3, 0.4) is 0 Å². The SMILES string of the molecule is Cc1ccc(-c2ccc3ccccc3c2OCCO)cc1. The summed E-state index contributed by atoms with van der Waals surface area (Å²) >= 11 is 0. The van der Waals surface area contributed by atoms with Crippen molar-refractivity contribution in [2.24, 2.45) is 0 Å². The van der Waals surface area contributed by atoms with E-state index >= 15 is 0 Å². The van der Waals surface area contributed by atoms with E-state index in [1.807, 2.05) is 12.1 Å². The van der Waals surface area contributed by atoms with Crippen molar-refractivity contribution >= 4 is 10.8 Å². The highest BCUT2D eigenvalue weighted by Crippen LogP contribution is 2.36. The molecular formula is C19H18O2. The number of rotatable bonds is 4. The van der Waals surface area contributed by atoms with Crippen LogP contribution >= 0.6 is 0 Å². The van der Waals surface area contributed by atoms with Gasteiger partial charge < -0.3 is 9.84 Å². The van der Waals surface area contributed by atoms with Crippen molar-refractivity contribution in [3.8, 4) is 16.9 Å². The maximum absolute atomic E-state index is 9.07. The van der Waals surface area contributed by atoms with Crippen LogP contribution in [0.15, 0.2) is 60.7 Å². The molecule has 0 bridgehead atoms. The van der Waals surface area contributed by atoms with Crippen LogP contribution in [0.25, 0.3) is 21.9 Å². The molecule has 0 aromatic heterocycles. The zero-order valence-electron chi connectivity index (χ0n) is 12.0. The van der Waals surface area contributed by atoms with Crippen molar-refractivity contribution in [1.82, 2.24) is 0 Å². The van der Waals surface area contributed by atoms with E-state index in [1.165, 1.54) is 5.56 Å². The molecule has 0 heterocycles. The molecule has 106 valence electrons. The highest BCUT2D eigenvalue weighted by Gasteiger charge is 2.10. The molecule has 0 aliphatic heterocycles. The third kappa shape index (κ3) is 2.76. The molecule has 2 heteroatoms. The fourth-order valence-corrected chi connectivity index (χ4v) is 2.51. The Bertz CT molecular complexity index is 745. The molecule has 0 spiro atoms. The summed E-state index contributed by atoms with van der Waals surface area (Å²) in [5.74, 6) is 0.839. The first kappa shape index (κ1) is 13.7. The Hall–Kier alpha value is -2.32. The second-order valence-electron chi connectivity index (χ2n) is 5.10. The van der Waals surface area contributed by atoms with Gasteiger partial charge in [0.25, 0.3) is 0 Å². The van der Waals surface area contributed by atoms with Gasteiger partial charge >= 0.3 is 0 Å². The number of fused-ring (bicyclic) bond motifs is 1. The minimum Gasteiger partial charge on any atom is -0.490 e. The maximum atomic E-state index is 9.07. The smallest absolute Gasteiger partial charge is 0.135 e. The Balaban J connectivity index is 2.18. The lowest BCUT2D eigenvalue weighted by atomic mass is 9.99. The van der Waals surface area contributed by atoms with Crippen LogP contribution in [0.4, 0.5) is 0 Å². The summed E-state index contributed by atoms with van der Waals surface area (Å²) < 4.78 is 5.83. The molecule has 0 aliphatic rings. The summed E-state index contributed by atoms with van der Waals surface area (Å²) in [4.78, 5) is 0. The highest BCUT2D eigenvalue weighted by molar-refractivity contribution is 5.95. The standard InChI is InChI=1S/C19H18O2/c1-14-6-8-16(9-7-14)18-11-10-15-4-2-3-5-17(15)19(18)21-13-12-20/h2-11,20H,12-13H2,1H3. The number of hydrogen-bond donors (Lipinski definition) is 1. The van der Waals surface area contributed by atoms with Gasteiger partial charge in [0, 0.05) is 10.9 Å². The van der Waals surface area contributed by atoms with E-state index in [4.69, 9.17) is 9.84 Å². The number of benzene rings is 3. The molecule has 0 unspecified atom stereocenters. The summed E-state index contributed by atoms with van der Waals surface area (Å²) in [6, 6.07) is 20.7. The van der Waals surface area contributed by atoms with Crippen molar-refractivity contribution in [2.75, 3.05) is 13.2 Å². The predicted octanol–water partition coefficient (Wildman–Crippen LogP) is 4.19. The van der Waals surface area contributed by atoms with Crippen LogP contribution < -0.4 is 4.74 Å². The number of aliphatic hydroxyl groups excluding tert-OH is 1. The normalized spacial score (nSPS) is 10.8. The molecule has 3 aromatic carbocycles. The van der Waals surface area contributed by atoms with Gasteiger partial charge in [-0.2, -0.15) is 0 Å². The average Bonchev–Trinajstić information content (AvgIpc) is 2.53. The van der Waals surface area contributed by atoms with Gasteiger partial charge in [-0.15, -0.1) is 0 Å². The number of ether oxygens (including phenoxy) is 1. The Morgan fingerprint density at radius 2 is 1.67 bits per heavy atom. The van der Waals surface area contributed by atoms with Crippen LogP contribution in [0, 0.1) is 6.92 Å². The first-order valence-corrected chi connectivity index (χ1v) is 7.12. The number of aryl methyl sites for hydroxylation is 1. The molecule has 0 aliphatic carbocycles. The molecule has 2 nitrogen and oxygen atoms in total. The Labute approximate surface area is 124 Å². The van der Waals surface area contributed by atoms with E-state index in [0.717, 1.165) is 27.6 Å². The van der Waals surface area contributed by atoms with Crippen molar-refractivity contribution < 1.29 is 9.84 Å². The third-order valence-corrected chi connectivity index (χ3v) is 3.58. The van der Waals surface area contributed by atoms with Crippen LogP contribution in [0.2, 0.25) is 0 Å². The largest absolute Gasteiger partial charge is 0.490 e. The lowest BCUT2D eigenvalue weighted by Crippen LogP contribution is -2.03. The maximum Gasteiger partial charge on any atom is 0.135 e. The average molecular weight is 278 g/mol. The summed E-state index contributed by atoms with van der Waals surface area (Å²) in [5, 5.41) is 11.3. The minimum atomic E-state index is 0.0105. The molecule has 0 fully saturated rings. The van der Waals surface area contributed by atoms with Crippen molar-refractivity contribution in [3.63, 3.8) is 0 Å². The van der Waals surface area contributed by atoms with Gasteiger partial charge in [0.15, 0.2) is 0 Å². The van der Waals surface area contributed by atoms with E-state index in [9.17, 15) is 0 Å². The van der Waals surface area contributed by atoms with Crippen molar-refractivity contribution in [2.45, 2.75) is 6.92 Å². The van der Waals surface area contributed by atoms with Gasteiger partial charge in [0.05, 0.1) is 6.61 Å². The fourth-order valence-electron chi connectivity index (χ4n) is 2.51. The van der Waals surface area contributed by atoms with Gasteiger partial charge in [-0.05, 0) is 17.9 Å². The number of aliphatic hydroxyl groups is 1. The lowest BCUT2D eigenvalue weighted by molar-refractivity contribution is 0.203. The van der Waals surface area contributed by atoms with Gasteiger partial charge in [-0.3, -0.25) is 0 Å². The van der Waals surface area contributed by atoms with Crippen LogP contribution in [-0.4, -0.2) is 18.3 Å². The van der Waals surface area contributed by atoms with Gasteiger partial charge in [0.1, 0.15) is 12.4 Å². The summed E-state index contributed by atoms with van der Waals surface area (Å²) in [5.41, 5.74) is 3.42. The number of hydrogen-bond acceptors (Lipinski definition) is 2. The minimum absolute atomic E-state index is 0.0105.